The van der Waals surface area contributed by atoms with E-state index >= 15 is 0 Å². The minimum Gasteiger partial charge on any atom is -0.458 e. The summed E-state index contributed by atoms with van der Waals surface area (Å²) < 4.78 is 5.00. The first kappa shape index (κ1) is 8.06. The topological polar surface area (TPSA) is 50.1 Å². The quantitative estimate of drug-likeness (QED) is 0.489. The summed E-state index contributed by atoms with van der Waals surface area (Å²) in [5.74, 6) is -0.977. The first-order chi connectivity index (χ1) is 4.99. The number of hydrogen-bond donors (Lipinski definition) is 0. The van der Waals surface area contributed by atoms with Crippen molar-refractivity contribution >= 4 is 5.97 Å². The molecule has 0 aromatic rings. The van der Waals surface area contributed by atoms with Crippen molar-refractivity contribution in [2.75, 3.05) is 0 Å². The van der Waals surface area contributed by atoms with Crippen LogP contribution in [0.15, 0.2) is 0 Å². The normalized spacial score (nSPS) is 34.5. The van der Waals surface area contributed by atoms with Crippen LogP contribution in [0.3, 0.4) is 0 Å². The van der Waals surface area contributed by atoms with Crippen molar-refractivity contribution in [3.8, 4) is 6.07 Å². The summed E-state index contributed by atoms with van der Waals surface area (Å²) >= 11 is 0. The zero-order valence-electron chi connectivity index (χ0n) is 6.92. The molecule has 0 aromatic heterocycles. The molecular weight excluding hydrogens is 142 g/mol. The lowest BCUT2D eigenvalue weighted by Crippen LogP contribution is -2.26. The molecule has 1 rings (SSSR count). The van der Waals surface area contributed by atoms with E-state index in [0.717, 1.165) is 0 Å². The Hall–Kier alpha value is -1.04. The van der Waals surface area contributed by atoms with Crippen LogP contribution < -0.4 is 0 Å². The third kappa shape index (κ3) is 1.09. The van der Waals surface area contributed by atoms with E-state index in [0.29, 0.717) is 0 Å². The molecule has 1 unspecified atom stereocenters. The molecule has 1 aliphatic heterocycles. The summed E-state index contributed by atoms with van der Waals surface area (Å²) in [6.45, 7) is 5.51. The van der Waals surface area contributed by atoms with Crippen LogP contribution in [-0.4, -0.2) is 11.6 Å². The average Bonchev–Trinajstić information content (AvgIpc) is 2.04. The van der Waals surface area contributed by atoms with Gasteiger partial charge in [-0.2, -0.15) is 5.26 Å². The molecule has 2 atom stereocenters. The van der Waals surface area contributed by atoms with Gasteiger partial charge in [-0.1, -0.05) is 6.92 Å². The molecule has 11 heavy (non-hydrogen) atoms. The van der Waals surface area contributed by atoms with E-state index in [1.807, 2.05) is 26.8 Å². The van der Waals surface area contributed by atoms with Gasteiger partial charge < -0.3 is 4.74 Å². The summed E-state index contributed by atoms with van der Waals surface area (Å²) in [6.07, 6.45) is 0. The minimum atomic E-state index is -0.579. The SMILES string of the molecule is CC1[C@@H](C#N)C(=O)OC1(C)C. The molecule has 0 N–H and O–H groups in total. The summed E-state index contributed by atoms with van der Waals surface area (Å²) in [6, 6.07) is 1.94. The number of esters is 1. The molecule has 0 aliphatic carbocycles. The highest BCUT2D eigenvalue weighted by Crippen LogP contribution is 2.35. The van der Waals surface area contributed by atoms with Crippen LogP contribution in [0.4, 0.5) is 0 Å². The fourth-order valence-corrected chi connectivity index (χ4v) is 1.19. The molecule has 0 amide bonds. The molecule has 60 valence electrons. The van der Waals surface area contributed by atoms with E-state index in [4.69, 9.17) is 10.00 Å². The first-order valence-electron chi connectivity index (χ1n) is 3.61. The Bertz CT molecular complexity index is 227. The van der Waals surface area contributed by atoms with E-state index in [1.54, 1.807) is 0 Å². The molecule has 3 nitrogen and oxygen atoms in total. The number of nitrogens with zero attached hydrogens (tertiary/aromatic N) is 1. The van der Waals surface area contributed by atoms with Gasteiger partial charge in [-0.15, -0.1) is 0 Å². The van der Waals surface area contributed by atoms with E-state index < -0.39 is 11.5 Å². The monoisotopic (exact) mass is 153 g/mol. The minimum absolute atomic E-state index is 0.0139. The molecule has 3 heteroatoms. The Kier molecular flexibility index (Phi) is 1.63. The fraction of sp³-hybridized carbons (Fsp3) is 0.750. The maximum absolute atomic E-state index is 11.0. The molecule has 0 aromatic carbocycles. The predicted molar refractivity (Wildman–Crippen MR) is 38.4 cm³/mol. The summed E-state index contributed by atoms with van der Waals surface area (Å²) in [5.41, 5.74) is -0.475. The van der Waals surface area contributed by atoms with Crippen LogP contribution in [0.25, 0.3) is 0 Å². The van der Waals surface area contributed by atoms with Gasteiger partial charge in [-0.05, 0) is 13.8 Å². The van der Waals surface area contributed by atoms with E-state index in [2.05, 4.69) is 0 Å². The van der Waals surface area contributed by atoms with Crippen molar-refractivity contribution in [3.05, 3.63) is 0 Å². The molecule has 0 bridgehead atoms. The smallest absolute Gasteiger partial charge is 0.324 e. The maximum atomic E-state index is 11.0. The molecule has 0 spiro atoms. The van der Waals surface area contributed by atoms with Crippen LogP contribution in [-0.2, 0) is 9.53 Å². The Balaban J connectivity index is 2.90. The van der Waals surface area contributed by atoms with Gasteiger partial charge >= 0.3 is 5.97 Å². The lowest BCUT2D eigenvalue weighted by atomic mass is 9.86. The Morgan fingerprint density at radius 1 is 1.64 bits per heavy atom. The van der Waals surface area contributed by atoms with Gasteiger partial charge in [0.25, 0.3) is 0 Å². The van der Waals surface area contributed by atoms with E-state index in [9.17, 15) is 4.79 Å². The Morgan fingerprint density at radius 3 is 2.36 bits per heavy atom. The number of nitriles is 1. The standard InChI is InChI=1S/C8H11NO2/c1-5-6(4-9)7(10)11-8(5,2)3/h5-6H,1-3H3/t5?,6-/m1/s1. The number of carbonyl (C=O) groups is 1. The second-order valence-electron chi connectivity index (χ2n) is 3.42. The zero-order valence-corrected chi connectivity index (χ0v) is 6.92. The molecular formula is C8H11NO2. The maximum Gasteiger partial charge on any atom is 0.324 e. The van der Waals surface area contributed by atoms with Gasteiger partial charge in [0.05, 0.1) is 6.07 Å². The Labute approximate surface area is 66.0 Å². The second-order valence-corrected chi connectivity index (χ2v) is 3.42. The fourth-order valence-electron chi connectivity index (χ4n) is 1.19. The molecule has 1 saturated heterocycles. The molecule has 1 fully saturated rings. The number of rotatable bonds is 0. The van der Waals surface area contributed by atoms with Crippen LogP contribution >= 0.6 is 0 Å². The van der Waals surface area contributed by atoms with Crippen LogP contribution in [0, 0.1) is 23.2 Å². The van der Waals surface area contributed by atoms with Crippen molar-refractivity contribution in [2.45, 2.75) is 26.4 Å². The van der Waals surface area contributed by atoms with Crippen molar-refractivity contribution in [1.82, 2.24) is 0 Å². The van der Waals surface area contributed by atoms with Crippen molar-refractivity contribution in [1.29, 1.82) is 5.26 Å². The van der Waals surface area contributed by atoms with Crippen LogP contribution in [0.1, 0.15) is 20.8 Å². The predicted octanol–water partition coefficient (Wildman–Crippen LogP) is 1.10. The highest BCUT2D eigenvalue weighted by atomic mass is 16.6. The van der Waals surface area contributed by atoms with Gasteiger partial charge in [0.1, 0.15) is 11.5 Å². The lowest BCUT2D eigenvalue weighted by molar-refractivity contribution is -0.147. The van der Waals surface area contributed by atoms with Crippen molar-refractivity contribution < 1.29 is 9.53 Å². The van der Waals surface area contributed by atoms with Gasteiger partial charge in [0, 0.05) is 5.92 Å². The lowest BCUT2D eigenvalue weighted by Gasteiger charge is -2.21. The second kappa shape index (κ2) is 2.23. The van der Waals surface area contributed by atoms with Gasteiger partial charge in [0.2, 0.25) is 0 Å². The largest absolute Gasteiger partial charge is 0.458 e. The van der Waals surface area contributed by atoms with Crippen LogP contribution in [0.2, 0.25) is 0 Å². The summed E-state index contributed by atoms with van der Waals surface area (Å²) in [5, 5.41) is 8.59. The highest BCUT2D eigenvalue weighted by Gasteiger charge is 2.47. The van der Waals surface area contributed by atoms with E-state index in [-0.39, 0.29) is 11.9 Å². The number of ether oxygens (including phenoxy) is 1. The third-order valence-electron chi connectivity index (χ3n) is 2.35. The summed E-state index contributed by atoms with van der Waals surface area (Å²) in [4.78, 5) is 11.0. The van der Waals surface area contributed by atoms with Gasteiger partial charge in [-0.3, -0.25) is 4.79 Å². The van der Waals surface area contributed by atoms with Crippen LogP contribution in [0.5, 0.6) is 0 Å². The van der Waals surface area contributed by atoms with Crippen molar-refractivity contribution in [2.24, 2.45) is 11.8 Å². The van der Waals surface area contributed by atoms with Gasteiger partial charge in [0.15, 0.2) is 0 Å². The number of hydrogen-bond acceptors (Lipinski definition) is 3. The third-order valence-corrected chi connectivity index (χ3v) is 2.35. The highest BCUT2D eigenvalue weighted by molar-refractivity contribution is 5.78. The summed E-state index contributed by atoms with van der Waals surface area (Å²) in [7, 11) is 0. The Morgan fingerprint density at radius 2 is 2.18 bits per heavy atom. The molecule has 0 saturated carbocycles. The molecule has 1 heterocycles. The average molecular weight is 153 g/mol. The number of carbonyl (C=O) groups excluding carboxylic acids is 1. The van der Waals surface area contributed by atoms with Crippen molar-refractivity contribution in [3.63, 3.8) is 0 Å². The van der Waals surface area contributed by atoms with E-state index in [1.165, 1.54) is 0 Å². The zero-order chi connectivity index (χ0) is 8.65. The number of cyclic esters (lactones) is 1. The van der Waals surface area contributed by atoms with Gasteiger partial charge in [-0.25, -0.2) is 0 Å². The molecule has 0 radical (unpaired) electrons. The first-order valence-corrected chi connectivity index (χ1v) is 3.61. The molecule has 1 aliphatic rings.